The van der Waals surface area contributed by atoms with Gasteiger partial charge in [-0.1, -0.05) is 13.3 Å². The van der Waals surface area contributed by atoms with E-state index in [4.69, 9.17) is 16.6 Å². The molecule has 0 spiro atoms. The highest BCUT2D eigenvalue weighted by atomic mass is 35.5. The molecule has 0 fully saturated rings. The third-order valence-electron chi connectivity index (χ3n) is 3.41. The van der Waals surface area contributed by atoms with Gasteiger partial charge in [0.25, 0.3) is 0 Å². The summed E-state index contributed by atoms with van der Waals surface area (Å²) in [6.45, 7) is 6.06. The van der Waals surface area contributed by atoms with Crippen molar-refractivity contribution in [1.29, 1.82) is 0 Å². The fourth-order valence-corrected chi connectivity index (χ4v) is 2.47. The lowest BCUT2D eigenvalue weighted by Gasteiger charge is -2.23. The molecule has 2 aromatic rings. The van der Waals surface area contributed by atoms with Crippen LogP contribution in [0, 0.1) is 0 Å². The first-order valence-corrected chi connectivity index (χ1v) is 8.00. The van der Waals surface area contributed by atoms with Crippen molar-refractivity contribution in [2.75, 3.05) is 11.4 Å². The number of aromatic nitrogens is 2. The Hall–Kier alpha value is -1.61. The minimum atomic E-state index is 0.527. The highest BCUT2D eigenvalue weighted by molar-refractivity contribution is 6.17. The summed E-state index contributed by atoms with van der Waals surface area (Å²) in [6.07, 6.45) is 5.74. The number of hydrogen-bond acceptors (Lipinski definition) is 3. The number of pyridine rings is 2. The second-order valence-electron chi connectivity index (χ2n) is 5.08. The quantitative estimate of drug-likeness (QED) is 0.718. The molecule has 2 rings (SSSR count). The normalized spacial score (nSPS) is 10.6. The molecule has 0 aliphatic carbocycles. The van der Waals surface area contributed by atoms with Crippen LogP contribution < -0.4 is 4.90 Å². The second-order valence-corrected chi connectivity index (χ2v) is 5.35. The van der Waals surface area contributed by atoms with Crippen molar-refractivity contribution in [2.45, 2.75) is 39.1 Å². The Balaban J connectivity index is 2.26. The van der Waals surface area contributed by atoms with E-state index in [2.05, 4.69) is 35.9 Å². The number of anilines is 1. The van der Waals surface area contributed by atoms with E-state index in [0.29, 0.717) is 5.88 Å². The molecule has 0 amide bonds. The molecule has 0 aliphatic rings. The third kappa shape index (κ3) is 4.43. The molecule has 21 heavy (non-hydrogen) atoms. The van der Waals surface area contributed by atoms with Gasteiger partial charge < -0.3 is 4.90 Å². The number of alkyl halides is 1. The zero-order valence-corrected chi connectivity index (χ0v) is 13.5. The van der Waals surface area contributed by atoms with E-state index in [-0.39, 0.29) is 0 Å². The van der Waals surface area contributed by atoms with Crippen LogP contribution in [0.15, 0.2) is 36.7 Å². The lowest BCUT2D eigenvalue weighted by molar-refractivity contribution is 0.795. The Kier molecular flexibility index (Phi) is 6.00. The van der Waals surface area contributed by atoms with E-state index in [1.54, 1.807) is 0 Å². The van der Waals surface area contributed by atoms with Crippen LogP contribution in [-0.2, 0) is 18.8 Å². The number of hydrogen-bond donors (Lipinski definition) is 0. The predicted molar refractivity (Wildman–Crippen MR) is 88.8 cm³/mol. The number of aryl methyl sites for hydroxylation is 1. The molecule has 2 aromatic heterocycles. The average molecular weight is 304 g/mol. The fourth-order valence-electron chi connectivity index (χ4n) is 2.32. The SMILES string of the molecule is CCCc1cc(CCl)cc(N(CC)Cc2ccncc2)n1. The molecular weight excluding hydrogens is 282 g/mol. The minimum Gasteiger partial charge on any atom is -0.353 e. The Morgan fingerprint density at radius 1 is 1.10 bits per heavy atom. The van der Waals surface area contributed by atoms with Gasteiger partial charge >= 0.3 is 0 Å². The molecule has 0 saturated carbocycles. The van der Waals surface area contributed by atoms with Gasteiger partial charge in [0.2, 0.25) is 0 Å². The predicted octanol–water partition coefficient (Wildman–Crippen LogP) is 4.19. The monoisotopic (exact) mass is 303 g/mol. The van der Waals surface area contributed by atoms with E-state index in [1.165, 1.54) is 5.56 Å². The van der Waals surface area contributed by atoms with Crippen molar-refractivity contribution in [3.05, 3.63) is 53.5 Å². The summed E-state index contributed by atoms with van der Waals surface area (Å²) in [5.41, 5.74) is 3.50. The topological polar surface area (TPSA) is 29.0 Å². The second kappa shape index (κ2) is 7.99. The minimum absolute atomic E-state index is 0.527. The first-order chi connectivity index (χ1) is 10.3. The molecule has 2 heterocycles. The lowest BCUT2D eigenvalue weighted by atomic mass is 10.1. The Labute approximate surface area is 132 Å². The summed E-state index contributed by atoms with van der Waals surface area (Å²) in [6, 6.07) is 8.29. The fraction of sp³-hybridized carbons (Fsp3) is 0.412. The van der Waals surface area contributed by atoms with Gasteiger partial charge in [-0.3, -0.25) is 4.98 Å². The van der Waals surface area contributed by atoms with Crippen molar-refractivity contribution in [2.24, 2.45) is 0 Å². The Bertz CT molecular complexity index is 557. The first-order valence-electron chi connectivity index (χ1n) is 7.46. The smallest absolute Gasteiger partial charge is 0.129 e. The van der Waals surface area contributed by atoms with Gasteiger partial charge in [-0.25, -0.2) is 4.98 Å². The molecule has 0 N–H and O–H groups in total. The molecule has 4 heteroatoms. The molecule has 3 nitrogen and oxygen atoms in total. The first kappa shape index (κ1) is 15.8. The van der Waals surface area contributed by atoms with Gasteiger partial charge in [-0.2, -0.15) is 0 Å². The van der Waals surface area contributed by atoms with E-state index >= 15 is 0 Å². The van der Waals surface area contributed by atoms with Crippen LogP contribution in [0.4, 0.5) is 5.82 Å². The Morgan fingerprint density at radius 2 is 1.86 bits per heavy atom. The number of halogens is 1. The standard InChI is InChI=1S/C17H22ClN3/c1-3-5-16-10-15(12-18)11-17(20-16)21(4-2)13-14-6-8-19-9-7-14/h6-11H,3-5,12-13H2,1-2H3. The summed E-state index contributed by atoms with van der Waals surface area (Å²) in [5.74, 6) is 1.54. The lowest BCUT2D eigenvalue weighted by Crippen LogP contribution is -2.23. The molecule has 0 atom stereocenters. The van der Waals surface area contributed by atoms with Crippen LogP contribution in [0.25, 0.3) is 0 Å². The van der Waals surface area contributed by atoms with Gasteiger partial charge in [0.15, 0.2) is 0 Å². The van der Waals surface area contributed by atoms with E-state index in [1.807, 2.05) is 24.5 Å². The maximum Gasteiger partial charge on any atom is 0.129 e. The molecule has 112 valence electrons. The highest BCUT2D eigenvalue weighted by Gasteiger charge is 2.10. The van der Waals surface area contributed by atoms with Gasteiger partial charge in [0.1, 0.15) is 5.82 Å². The summed E-state index contributed by atoms with van der Waals surface area (Å²) in [5, 5.41) is 0. The largest absolute Gasteiger partial charge is 0.353 e. The maximum atomic E-state index is 6.02. The van der Waals surface area contributed by atoms with E-state index in [9.17, 15) is 0 Å². The van der Waals surface area contributed by atoms with Crippen molar-refractivity contribution in [3.8, 4) is 0 Å². The molecule has 0 bridgehead atoms. The molecule has 0 saturated heterocycles. The third-order valence-corrected chi connectivity index (χ3v) is 3.72. The van der Waals surface area contributed by atoms with Crippen LogP contribution in [0.1, 0.15) is 37.1 Å². The summed E-state index contributed by atoms with van der Waals surface area (Å²) >= 11 is 6.02. The van der Waals surface area contributed by atoms with Crippen LogP contribution in [0.3, 0.4) is 0 Å². The molecule has 0 radical (unpaired) electrons. The van der Waals surface area contributed by atoms with Crippen molar-refractivity contribution in [1.82, 2.24) is 9.97 Å². The van der Waals surface area contributed by atoms with E-state index in [0.717, 1.165) is 43.0 Å². The zero-order valence-electron chi connectivity index (χ0n) is 12.7. The zero-order chi connectivity index (χ0) is 15.1. The van der Waals surface area contributed by atoms with Crippen LogP contribution in [-0.4, -0.2) is 16.5 Å². The Morgan fingerprint density at radius 3 is 2.48 bits per heavy atom. The molecular formula is C17H22ClN3. The molecule has 0 unspecified atom stereocenters. The van der Waals surface area contributed by atoms with Crippen molar-refractivity contribution >= 4 is 17.4 Å². The summed E-state index contributed by atoms with van der Waals surface area (Å²) < 4.78 is 0. The highest BCUT2D eigenvalue weighted by Crippen LogP contribution is 2.19. The van der Waals surface area contributed by atoms with Crippen molar-refractivity contribution in [3.63, 3.8) is 0 Å². The molecule has 0 aliphatic heterocycles. The van der Waals surface area contributed by atoms with Crippen LogP contribution >= 0.6 is 11.6 Å². The van der Waals surface area contributed by atoms with Gasteiger partial charge in [-0.05, 0) is 48.7 Å². The van der Waals surface area contributed by atoms with Gasteiger partial charge in [0, 0.05) is 37.1 Å². The van der Waals surface area contributed by atoms with Gasteiger partial charge in [0.05, 0.1) is 0 Å². The number of nitrogens with zero attached hydrogens (tertiary/aromatic N) is 3. The number of rotatable bonds is 7. The summed E-state index contributed by atoms with van der Waals surface area (Å²) in [4.78, 5) is 11.1. The van der Waals surface area contributed by atoms with Gasteiger partial charge in [-0.15, -0.1) is 11.6 Å². The average Bonchev–Trinajstić information content (AvgIpc) is 2.53. The van der Waals surface area contributed by atoms with E-state index < -0.39 is 0 Å². The maximum absolute atomic E-state index is 6.02. The van der Waals surface area contributed by atoms with Crippen LogP contribution in [0.2, 0.25) is 0 Å². The van der Waals surface area contributed by atoms with Crippen molar-refractivity contribution < 1.29 is 0 Å². The summed E-state index contributed by atoms with van der Waals surface area (Å²) in [7, 11) is 0. The molecule has 0 aromatic carbocycles. The van der Waals surface area contributed by atoms with Crippen LogP contribution in [0.5, 0.6) is 0 Å².